The van der Waals surface area contributed by atoms with Crippen LogP contribution in [0.4, 0.5) is 5.82 Å². The monoisotopic (exact) mass is 256 g/mol. The molecular formula is C8H12N6O2S. The van der Waals surface area contributed by atoms with E-state index >= 15 is 0 Å². The Bertz CT molecular complexity index is 581. The fraction of sp³-hybridized carbons (Fsp3) is 0.250. The van der Waals surface area contributed by atoms with Crippen molar-refractivity contribution < 1.29 is 8.42 Å². The third-order valence-electron chi connectivity index (χ3n) is 2.15. The quantitative estimate of drug-likeness (QED) is 0.662. The second kappa shape index (κ2) is 4.18. The molecule has 4 N–H and O–H groups in total. The van der Waals surface area contributed by atoms with Gasteiger partial charge in [0.1, 0.15) is 5.82 Å². The average molecular weight is 256 g/mol. The number of aryl methyl sites for hydroxylation is 1. The SMILES string of the molecule is Cn1cnc(N)c1S(=O)(=O)NCc1ncc[nH]1. The number of aromatic nitrogens is 4. The van der Waals surface area contributed by atoms with Crippen LogP contribution in [0.3, 0.4) is 0 Å². The predicted octanol–water partition coefficient (Wildman–Crippen LogP) is -0.796. The average Bonchev–Trinajstić information content (AvgIpc) is 2.86. The number of hydrogen-bond acceptors (Lipinski definition) is 5. The molecule has 0 saturated heterocycles. The number of nitrogens with two attached hydrogens (primary N) is 1. The van der Waals surface area contributed by atoms with Crippen molar-refractivity contribution in [3.63, 3.8) is 0 Å². The Morgan fingerprint density at radius 3 is 2.82 bits per heavy atom. The number of nitrogen functional groups attached to an aromatic ring is 1. The Kier molecular flexibility index (Phi) is 2.86. The first kappa shape index (κ1) is 11.6. The molecule has 0 amide bonds. The largest absolute Gasteiger partial charge is 0.381 e. The molecule has 9 heteroatoms. The minimum atomic E-state index is -3.69. The lowest BCUT2D eigenvalue weighted by Gasteiger charge is -2.06. The highest BCUT2D eigenvalue weighted by atomic mass is 32.2. The molecule has 0 spiro atoms. The van der Waals surface area contributed by atoms with Gasteiger partial charge in [-0.2, -0.15) is 0 Å². The van der Waals surface area contributed by atoms with Crippen LogP contribution in [0.25, 0.3) is 0 Å². The fourth-order valence-electron chi connectivity index (χ4n) is 1.39. The Morgan fingerprint density at radius 2 is 2.29 bits per heavy atom. The zero-order valence-corrected chi connectivity index (χ0v) is 9.90. The van der Waals surface area contributed by atoms with Crippen LogP contribution in [0.2, 0.25) is 0 Å². The molecule has 2 aromatic heterocycles. The summed E-state index contributed by atoms with van der Waals surface area (Å²) >= 11 is 0. The molecule has 0 aliphatic carbocycles. The molecule has 0 unspecified atom stereocenters. The van der Waals surface area contributed by atoms with Gasteiger partial charge < -0.3 is 15.3 Å². The number of anilines is 1. The number of hydrogen-bond donors (Lipinski definition) is 3. The van der Waals surface area contributed by atoms with E-state index in [1.165, 1.54) is 10.9 Å². The van der Waals surface area contributed by atoms with E-state index in [1.807, 2.05) is 0 Å². The van der Waals surface area contributed by atoms with Crippen LogP contribution in [0, 0.1) is 0 Å². The number of nitrogens with zero attached hydrogens (tertiary/aromatic N) is 3. The number of rotatable bonds is 4. The molecule has 0 atom stereocenters. The smallest absolute Gasteiger partial charge is 0.260 e. The van der Waals surface area contributed by atoms with Crippen molar-refractivity contribution in [2.45, 2.75) is 11.6 Å². The van der Waals surface area contributed by atoms with E-state index in [1.54, 1.807) is 19.4 Å². The Hall–Kier alpha value is -1.87. The van der Waals surface area contributed by atoms with Gasteiger partial charge in [0.05, 0.1) is 12.9 Å². The molecular weight excluding hydrogens is 244 g/mol. The van der Waals surface area contributed by atoms with E-state index in [2.05, 4.69) is 19.7 Å². The van der Waals surface area contributed by atoms with Gasteiger partial charge in [-0.15, -0.1) is 0 Å². The number of imidazole rings is 2. The Morgan fingerprint density at radius 1 is 1.53 bits per heavy atom. The van der Waals surface area contributed by atoms with E-state index in [-0.39, 0.29) is 17.4 Å². The molecule has 0 fully saturated rings. The number of H-pyrrole nitrogens is 1. The lowest BCUT2D eigenvalue weighted by molar-refractivity contribution is 0.570. The molecule has 2 heterocycles. The summed E-state index contributed by atoms with van der Waals surface area (Å²) < 4.78 is 27.6. The summed E-state index contributed by atoms with van der Waals surface area (Å²) in [4.78, 5) is 10.4. The highest BCUT2D eigenvalue weighted by molar-refractivity contribution is 7.89. The van der Waals surface area contributed by atoms with Gasteiger partial charge in [-0.3, -0.25) is 0 Å². The predicted molar refractivity (Wildman–Crippen MR) is 60.2 cm³/mol. The van der Waals surface area contributed by atoms with Crippen LogP contribution >= 0.6 is 0 Å². The third-order valence-corrected chi connectivity index (χ3v) is 3.68. The molecule has 2 rings (SSSR count). The standard InChI is InChI=1S/C8H12N6O2S/c1-14-5-12-7(9)8(14)17(15,16)13-4-6-10-2-3-11-6/h2-3,5,13H,4,9H2,1H3,(H,10,11). The topological polar surface area (TPSA) is 119 Å². The van der Waals surface area contributed by atoms with Crippen LogP contribution in [-0.4, -0.2) is 27.9 Å². The molecule has 0 aliphatic rings. The minimum absolute atomic E-state index is 0.0283. The molecule has 0 radical (unpaired) electrons. The fourth-order valence-corrected chi connectivity index (χ4v) is 2.61. The Labute approximate surface area is 97.9 Å². The van der Waals surface area contributed by atoms with Crippen LogP contribution in [-0.2, 0) is 23.6 Å². The van der Waals surface area contributed by atoms with Crippen molar-refractivity contribution in [2.24, 2.45) is 7.05 Å². The first-order valence-electron chi connectivity index (χ1n) is 4.75. The van der Waals surface area contributed by atoms with Crippen molar-refractivity contribution in [1.82, 2.24) is 24.2 Å². The first-order chi connectivity index (χ1) is 8.00. The van der Waals surface area contributed by atoms with Gasteiger partial charge >= 0.3 is 0 Å². The number of nitrogens with one attached hydrogen (secondary N) is 2. The first-order valence-corrected chi connectivity index (χ1v) is 6.24. The summed E-state index contributed by atoms with van der Waals surface area (Å²) in [6.07, 6.45) is 4.50. The van der Waals surface area contributed by atoms with Gasteiger partial charge in [-0.05, 0) is 0 Å². The van der Waals surface area contributed by atoms with Gasteiger partial charge in [0.15, 0.2) is 10.8 Å². The summed E-state index contributed by atoms with van der Waals surface area (Å²) in [5.74, 6) is 0.494. The molecule has 8 nitrogen and oxygen atoms in total. The summed E-state index contributed by atoms with van der Waals surface area (Å²) in [7, 11) is -2.13. The third kappa shape index (κ3) is 2.29. The number of sulfonamides is 1. The molecule has 92 valence electrons. The van der Waals surface area contributed by atoms with Crippen LogP contribution in [0.15, 0.2) is 23.7 Å². The molecule has 0 saturated carbocycles. The van der Waals surface area contributed by atoms with Crippen LogP contribution in [0.5, 0.6) is 0 Å². The van der Waals surface area contributed by atoms with Crippen molar-refractivity contribution in [1.29, 1.82) is 0 Å². The zero-order valence-electron chi connectivity index (χ0n) is 9.08. The molecule has 17 heavy (non-hydrogen) atoms. The van der Waals surface area contributed by atoms with Crippen LogP contribution < -0.4 is 10.5 Å². The van der Waals surface area contributed by atoms with Gasteiger partial charge in [-0.25, -0.2) is 23.1 Å². The normalized spacial score (nSPS) is 11.8. The van der Waals surface area contributed by atoms with Crippen molar-refractivity contribution in [3.8, 4) is 0 Å². The molecule has 2 aromatic rings. The maximum atomic E-state index is 11.9. The zero-order chi connectivity index (χ0) is 12.5. The summed E-state index contributed by atoms with van der Waals surface area (Å²) in [5.41, 5.74) is 5.50. The van der Waals surface area contributed by atoms with Crippen molar-refractivity contribution in [2.75, 3.05) is 5.73 Å². The summed E-state index contributed by atoms with van der Waals surface area (Å²) in [6.45, 7) is 0.0694. The maximum Gasteiger partial charge on any atom is 0.260 e. The highest BCUT2D eigenvalue weighted by Crippen LogP contribution is 2.14. The number of aromatic amines is 1. The lowest BCUT2D eigenvalue weighted by Crippen LogP contribution is -2.26. The highest BCUT2D eigenvalue weighted by Gasteiger charge is 2.22. The van der Waals surface area contributed by atoms with E-state index in [0.29, 0.717) is 5.82 Å². The van der Waals surface area contributed by atoms with E-state index in [9.17, 15) is 8.42 Å². The summed E-state index contributed by atoms with van der Waals surface area (Å²) in [6, 6.07) is 0. The van der Waals surface area contributed by atoms with Gasteiger partial charge in [-0.1, -0.05) is 0 Å². The van der Waals surface area contributed by atoms with Gasteiger partial charge in [0, 0.05) is 19.4 Å². The van der Waals surface area contributed by atoms with E-state index in [4.69, 9.17) is 5.73 Å². The summed E-state index contributed by atoms with van der Waals surface area (Å²) in [5, 5.41) is -0.0518. The van der Waals surface area contributed by atoms with E-state index in [0.717, 1.165) is 0 Å². The van der Waals surface area contributed by atoms with Crippen molar-refractivity contribution in [3.05, 3.63) is 24.5 Å². The molecule has 0 aromatic carbocycles. The van der Waals surface area contributed by atoms with Gasteiger partial charge in [0.25, 0.3) is 10.0 Å². The molecule has 0 aliphatic heterocycles. The maximum absolute atomic E-state index is 11.9. The lowest BCUT2D eigenvalue weighted by atomic mass is 10.6. The van der Waals surface area contributed by atoms with Crippen molar-refractivity contribution >= 4 is 15.8 Å². The van der Waals surface area contributed by atoms with Gasteiger partial charge in [0.2, 0.25) is 0 Å². The molecule has 0 bridgehead atoms. The minimum Gasteiger partial charge on any atom is -0.381 e. The van der Waals surface area contributed by atoms with E-state index < -0.39 is 10.0 Å². The second-order valence-corrected chi connectivity index (χ2v) is 5.09. The Balaban J connectivity index is 2.20. The second-order valence-electron chi connectivity index (χ2n) is 3.41. The van der Waals surface area contributed by atoms with Crippen LogP contribution in [0.1, 0.15) is 5.82 Å².